The first kappa shape index (κ1) is 16.3. The predicted octanol–water partition coefficient (Wildman–Crippen LogP) is 2.94. The van der Waals surface area contributed by atoms with Gasteiger partial charge in [0.1, 0.15) is 5.82 Å². The normalized spacial score (nSPS) is 17.0. The Kier molecular flexibility index (Phi) is 4.71. The molecular formula is C17H13BrFN3O2. The predicted molar refractivity (Wildman–Crippen MR) is 90.9 cm³/mol. The molecule has 1 aliphatic heterocycles. The first-order valence-electron chi connectivity index (χ1n) is 7.22. The van der Waals surface area contributed by atoms with Crippen LogP contribution in [0.1, 0.15) is 28.4 Å². The van der Waals surface area contributed by atoms with Gasteiger partial charge in [0.2, 0.25) is 11.9 Å². The topological polar surface area (TPSA) is 70.6 Å². The van der Waals surface area contributed by atoms with E-state index in [1.807, 2.05) is 0 Å². The van der Waals surface area contributed by atoms with Crippen molar-refractivity contribution in [1.82, 2.24) is 10.6 Å². The molecule has 0 saturated heterocycles. The summed E-state index contributed by atoms with van der Waals surface area (Å²) in [5.41, 5.74) is 0.742. The number of nitrogens with zero attached hydrogens (tertiary/aromatic N) is 1. The number of carbonyl (C=O) groups excluding carboxylic acids is 2. The molecule has 2 aromatic carbocycles. The second kappa shape index (κ2) is 6.92. The fourth-order valence-electron chi connectivity index (χ4n) is 2.36. The minimum Gasteiger partial charge on any atom is -0.296 e. The molecule has 122 valence electrons. The Hall–Kier alpha value is -2.54. The molecule has 1 heterocycles. The molecule has 1 aliphatic rings. The average molecular weight is 390 g/mol. The summed E-state index contributed by atoms with van der Waals surface area (Å²) < 4.78 is 14.7. The highest BCUT2D eigenvalue weighted by atomic mass is 79.9. The van der Waals surface area contributed by atoms with Crippen molar-refractivity contribution >= 4 is 33.7 Å². The molecule has 5 nitrogen and oxygen atoms in total. The van der Waals surface area contributed by atoms with Crippen LogP contribution in [0.25, 0.3) is 0 Å². The van der Waals surface area contributed by atoms with Gasteiger partial charge < -0.3 is 0 Å². The van der Waals surface area contributed by atoms with Gasteiger partial charge in [-0.05, 0) is 30.3 Å². The van der Waals surface area contributed by atoms with E-state index in [4.69, 9.17) is 0 Å². The van der Waals surface area contributed by atoms with E-state index in [-0.39, 0.29) is 18.3 Å². The van der Waals surface area contributed by atoms with E-state index in [0.717, 1.165) is 4.47 Å². The van der Waals surface area contributed by atoms with Gasteiger partial charge in [-0.3, -0.25) is 20.2 Å². The maximum atomic E-state index is 13.9. The Morgan fingerprint density at radius 3 is 2.62 bits per heavy atom. The summed E-state index contributed by atoms with van der Waals surface area (Å²) in [6.45, 7) is 0. The molecule has 0 radical (unpaired) electrons. The number of aliphatic imine (C=N–C) groups is 1. The molecule has 2 amide bonds. The molecule has 2 N–H and O–H groups in total. The molecule has 0 unspecified atom stereocenters. The second-order valence-electron chi connectivity index (χ2n) is 5.23. The van der Waals surface area contributed by atoms with Gasteiger partial charge >= 0.3 is 0 Å². The van der Waals surface area contributed by atoms with Gasteiger partial charge in [-0.2, -0.15) is 0 Å². The standard InChI is InChI=1S/C17H13BrFN3O2/c18-11-7-5-10(6-8-11)16(24)22-17-20-14(9-15(23)21-17)12-3-1-2-4-13(12)19/h1-8,14H,9H2,(H2,20,21,22,23,24)/t14-/m1/s1. The van der Waals surface area contributed by atoms with E-state index < -0.39 is 17.8 Å². The van der Waals surface area contributed by atoms with E-state index in [1.165, 1.54) is 6.07 Å². The average Bonchev–Trinajstić information content (AvgIpc) is 2.55. The Morgan fingerprint density at radius 2 is 1.92 bits per heavy atom. The summed E-state index contributed by atoms with van der Waals surface area (Å²) in [5, 5.41) is 5.04. The van der Waals surface area contributed by atoms with Crippen LogP contribution in [-0.4, -0.2) is 17.8 Å². The number of nitrogens with one attached hydrogen (secondary N) is 2. The number of halogens is 2. The first-order valence-corrected chi connectivity index (χ1v) is 8.01. The summed E-state index contributed by atoms with van der Waals surface area (Å²) >= 11 is 3.29. The van der Waals surface area contributed by atoms with Crippen LogP contribution in [0.2, 0.25) is 0 Å². The maximum Gasteiger partial charge on any atom is 0.257 e. The van der Waals surface area contributed by atoms with Crippen LogP contribution in [0.4, 0.5) is 4.39 Å². The van der Waals surface area contributed by atoms with E-state index >= 15 is 0 Å². The van der Waals surface area contributed by atoms with Crippen molar-refractivity contribution in [3.63, 3.8) is 0 Å². The van der Waals surface area contributed by atoms with E-state index in [9.17, 15) is 14.0 Å². The Labute approximate surface area is 146 Å². The number of hydrogen-bond acceptors (Lipinski definition) is 3. The minimum absolute atomic E-state index is 0.0208. The van der Waals surface area contributed by atoms with Crippen molar-refractivity contribution in [2.24, 2.45) is 4.99 Å². The molecule has 7 heteroatoms. The van der Waals surface area contributed by atoms with Gasteiger partial charge in [0.15, 0.2) is 0 Å². The number of hydrogen-bond donors (Lipinski definition) is 2. The lowest BCUT2D eigenvalue weighted by molar-refractivity contribution is -0.120. The Morgan fingerprint density at radius 1 is 1.21 bits per heavy atom. The third-order valence-electron chi connectivity index (χ3n) is 3.52. The summed E-state index contributed by atoms with van der Waals surface area (Å²) in [5.74, 6) is -1.15. The van der Waals surface area contributed by atoms with Gasteiger partial charge in [0.25, 0.3) is 5.91 Å². The lowest BCUT2D eigenvalue weighted by atomic mass is 10.0. The molecule has 1 atom stereocenters. The van der Waals surface area contributed by atoms with Gasteiger partial charge in [0, 0.05) is 15.6 Å². The number of amides is 2. The van der Waals surface area contributed by atoms with Gasteiger partial charge in [-0.25, -0.2) is 9.38 Å². The number of rotatable bonds is 2. The highest BCUT2D eigenvalue weighted by molar-refractivity contribution is 9.10. The maximum absolute atomic E-state index is 13.9. The summed E-state index contributed by atoms with van der Waals surface area (Å²) in [4.78, 5) is 28.3. The highest BCUT2D eigenvalue weighted by Crippen LogP contribution is 2.25. The van der Waals surface area contributed by atoms with Gasteiger partial charge in [0.05, 0.1) is 12.5 Å². The molecule has 0 bridgehead atoms. The summed E-state index contributed by atoms with van der Waals surface area (Å²) in [7, 11) is 0. The van der Waals surface area contributed by atoms with E-state index in [2.05, 4.69) is 31.6 Å². The van der Waals surface area contributed by atoms with Crippen LogP contribution < -0.4 is 10.6 Å². The van der Waals surface area contributed by atoms with Crippen molar-refractivity contribution in [1.29, 1.82) is 0 Å². The van der Waals surface area contributed by atoms with E-state index in [1.54, 1.807) is 42.5 Å². The third-order valence-corrected chi connectivity index (χ3v) is 4.05. The quantitative estimate of drug-likeness (QED) is 0.828. The van der Waals surface area contributed by atoms with Crippen molar-refractivity contribution in [3.05, 3.63) is 69.9 Å². The van der Waals surface area contributed by atoms with Crippen LogP contribution in [-0.2, 0) is 4.79 Å². The SMILES string of the molecule is O=C1C[C@H](c2ccccc2F)N=C(NC(=O)c2ccc(Br)cc2)N1. The van der Waals surface area contributed by atoms with Gasteiger partial charge in [-0.1, -0.05) is 34.1 Å². The smallest absolute Gasteiger partial charge is 0.257 e. The Balaban J connectivity index is 1.81. The fraction of sp³-hybridized carbons (Fsp3) is 0.118. The summed E-state index contributed by atoms with van der Waals surface area (Å²) in [6, 6.07) is 12.2. The zero-order valence-corrected chi connectivity index (χ0v) is 14.0. The first-order chi connectivity index (χ1) is 11.5. The number of benzene rings is 2. The Bertz CT molecular complexity index is 821. The largest absolute Gasteiger partial charge is 0.296 e. The van der Waals surface area contributed by atoms with E-state index in [0.29, 0.717) is 11.1 Å². The highest BCUT2D eigenvalue weighted by Gasteiger charge is 2.25. The van der Waals surface area contributed by atoms with Gasteiger partial charge in [-0.15, -0.1) is 0 Å². The van der Waals surface area contributed by atoms with Crippen molar-refractivity contribution in [3.8, 4) is 0 Å². The molecule has 24 heavy (non-hydrogen) atoms. The molecule has 2 aromatic rings. The molecule has 0 fully saturated rings. The number of guanidine groups is 1. The van der Waals surface area contributed by atoms with Crippen molar-refractivity contribution in [2.75, 3.05) is 0 Å². The molecule has 0 aliphatic carbocycles. The van der Waals surface area contributed by atoms with Crippen LogP contribution >= 0.6 is 15.9 Å². The van der Waals surface area contributed by atoms with Crippen LogP contribution in [0.3, 0.4) is 0 Å². The fourth-order valence-corrected chi connectivity index (χ4v) is 2.63. The zero-order valence-electron chi connectivity index (χ0n) is 12.4. The second-order valence-corrected chi connectivity index (χ2v) is 6.14. The summed E-state index contributed by atoms with van der Waals surface area (Å²) in [6.07, 6.45) is 0.0264. The molecule has 0 saturated carbocycles. The molecule has 0 spiro atoms. The van der Waals surface area contributed by atoms with Crippen LogP contribution in [0, 0.1) is 5.82 Å². The monoisotopic (exact) mass is 389 g/mol. The molecular weight excluding hydrogens is 377 g/mol. The lowest BCUT2D eigenvalue weighted by Crippen LogP contribution is -2.47. The minimum atomic E-state index is -0.667. The molecule has 3 rings (SSSR count). The van der Waals surface area contributed by atoms with Crippen molar-refractivity contribution in [2.45, 2.75) is 12.5 Å². The van der Waals surface area contributed by atoms with Crippen molar-refractivity contribution < 1.29 is 14.0 Å². The van der Waals surface area contributed by atoms with Crippen LogP contribution in [0.5, 0.6) is 0 Å². The molecule has 0 aromatic heterocycles. The number of carbonyl (C=O) groups is 2. The lowest BCUT2D eigenvalue weighted by Gasteiger charge is -2.21. The third kappa shape index (κ3) is 3.68. The zero-order chi connectivity index (χ0) is 17.1. The van der Waals surface area contributed by atoms with Crippen LogP contribution in [0.15, 0.2) is 58.0 Å².